The Hall–Kier alpha value is -3.10. The zero-order valence-electron chi connectivity index (χ0n) is 28.1. The van der Waals surface area contributed by atoms with Crippen LogP contribution in [0.1, 0.15) is 136 Å². The van der Waals surface area contributed by atoms with E-state index in [4.69, 9.17) is 15.9 Å². The number of halogens is 1. The number of carbonyl (C=O) groups excluding carboxylic acids is 2. The van der Waals surface area contributed by atoms with Crippen molar-refractivity contribution in [3.63, 3.8) is 0 Å². The first kappa shape index (κ1) is 37.4. The lowest BCUT2D eigenvalue weighted by molar-refractivity contribution is -0.179. The number of esters is 1. The minimum absolute atomic E-state index is 0.00481. The molecule has 1 fully saturated rings. The van der Waals surface area contributed by atoms with Crippen molar-refractivity contribution in [1.82, 2.24) is 19.5 Å². The number of fused-ring (bicyclic) bond motifs is 1. The quantitative estimate of drug-likeness (QED) is 0.0641. The highest BCUT2D eigenvalue weighted by atomic mass is 19.1. The highest BCUT2D eigenvalue weighted by Gasteiger charge is 2.45. The Balaban J connectivity index is 1.53. The second-order valence-corrected chi connectivity index (χ2v) is 12.6. The van der Waals surface area contributed by atoms with Crippen LogP contribution in [-0.2, 0) is 19.1 Å². The highest BCUT2D eigenvalue weighted by Crippen LogP contribution is 2.34. The smallest absolute Gasteiger partial charge is 0.312 e. The van der Waals surface area contributed by atoms with Crippen molar-refractivity contribution in [2.45, 2.75) is 148 Å². The maximum atomic E-state index is 14.5. The van der Waals surface area contributed by atoms with Gasteiger partial charge in [0.15, 0.2) is 22.6 Å². The molecule has 256 valence electrons. The van der Waals surface area contributed by atoms with Crippen LogP contribution in [0.25, 0.3) is 11.2 Å². The van der Waals surface area contributed by atoms with Crippen molar-refractivity contribution < 1.29 is 28.6 Å². The number of carbonyl (C=O) groups is 2. The summed E-state index contributed by atoms with van der Waals surface area (Å²) in [7, 11) is 0. The first-order valence-corrected chi connectivity index (χ1v) is 17.4. The molecular weight excluding hydrogens is 589 g/mol. The second kappa shape index (κ2) is 19.5. The second-order valence-electron chi connectivity index (χ2n) is 12.6. The van der Waals surface area contributed by atoms with Crippen LogP contribution in [0.15, 0.2) is 6.33 Å². The third-order valence-electron chi connectivity index (χ3n) is 8.90. The third-order valence-corrected chi connectivity index (χ3v) is 8.90. The minimum atomic E-state index is -1.50. The molecule has 3 atom stereocenters. The van der Waals surface area contributed by atoms with E-state index in [2.05, 4.69) is 33.1 Å². The topological polar surface area (TPSA) is 128 Å². The molecule has 1 aliphatic rings. The number of terminal acetylenes is 1. The number of rotatable bonds is 21. The van der Waals surface area contributed by atoms with E-state index >= 15 is 0 Å². The van der Waals surface area contributed by atoms with Crippen molar-refractivity contribution in [2.24, 2.45) is 5.92 Å². The lowest BCUT2D eigenvalue weighted by Gasteiger charge is -2.40. The van der Waals surface area contributed by atoms with Gasteiger partial charge in [0.1, 0.15) is 6.61 Å². The van der Waals surface area contributed by atoms with E-state index in [0.717, 1.165) is 44.9 Å². The molecule has 11 heteroatoms. The predicted octanol–water partition coefficient (Wildman–Crippen LogP) is 7.06. The zero-order valence-corrected chi connectivity index (χ0v) is 28.1. The molecule has 3 rings (SSSR count). The van der Waals surface area contributed by atoms with Crippen LogP contribution in [0, 0.1) is 24.3 Å². The number of aliphatic hydroxyl groups is 1. The van der Waals surface area contributed by atoms with Gasteiger partial charge in [0.2, 0.25) is 5.91 Å². The van der Waals surface area contributed by atoms with Gasteiger partial charge in [-0.1, -0.05) is 104 Å². The average molecular weight is 644 g/mol. The standard InChI is InChI=1S/C35H54FN5O5/c1-5-9-10-11-12-13-14-15-16-17-18-21-29(43)38-31-30-32(40-34(36)39-31)41(25-37-30)27-22-28(42)35(8-4,46-23-27)24-45-33(44)26(19-6-2)20-7-3/h4,25-28,42H,5-7,9-24H2,1-3H3,(H,38,39,40,43)/t27?,28-,35?/m0/s1. The Morgan fingerprint density at radius 1 is 1.07 bits per heavy atom. The number of hydrogen-bond donors (Lipinski definition) is 2. The Labute approximate surface area is 273 Å². The van der Waals surface area contributed by atoms with E-state index in [0.29, 0.717) is 6.42 Å². The number of unbranched alkanes of at least 4 members (excludes halogenated alkanes) is 10. The van der Waals surface area contributed by atoms with Gasteiger partial charge in [-0.05, 0) is 19.3 Å². The van der Waals surface area contributed by atoms with Gasteiger partial charge in [-0.25, -0.2) is 4.98 Å². The fourth-order valence-corrected chi connectivity index (χ4v) is 6.13. The zero-order chi connectivity index (χ0) is 33.4. The molecule has 0 radical (unpaired) electrons. The minimum Gasteiger partial charge on any atom is -0.461 e. The first-order valence-electron chi connectivity index (χ1n) is 17.4. The third kappa shape index (κ3) is 10.7. The number of imidazole rings is 1. The Morgan fingerprint density at radius 3 is 2.28 bits per heavy atom. The fraction of sp³-hybridized carbons (Fsp3) is 0.743. The number of aromatic nitrogens is 4. The molecule has 0 aromatic carbocycles. The van der Waals surface area contributed by atoms with Crippen molar-refractivity contribution in [1.29, 1.82) is 0 Å². The van der Waals surface area contributed by atoms with Crippen molar-refractivity contribution >= 4 is 28.9 Å². The summed E-state index contributed by atoms with van der Waals surface area (Å²) >= 11 is 0. The van der Waals surface area contributed by atoms with Crippen LogP contribution in [0.3, 0.4) is 0 Å². The van der Waals surface area contributed by atoms with Crippen LogP contribution < -0.4 is 5.32 Å². The molecule has 2 aromatic heterocycles. The molecule has 10 nitrogen and oxygen atoms in total. The first-order chi connectivity index (χ1) is 22.3. The monoisotopic (exact) mass is 643 g/mol. The largest absolute Gasteiger partial charge is 0.461 e. The molecule has 1 amide bonds. The number of anilines is 1. The summed E-state index contributed by atoms with van der Waals surface area (Å²) in [4.78, 5) is 37.5. The van der Waals surface area contributed by atoms with E-state index in [9.17, 15) is 19.1 Å². The van der Waals surface area contributed by atoms with Gasteiger partial charge in [-0.3, -0.25) is 9.59 Å². The lowest BCUT2D eigenvalue weighted by Crippen LogP contribution is -2.53. The maximum absolute atomic E-state index is 14.5. The number of ether oxygens (including phenoxy) is 2. The predicted molar refractivity (Wildman–Crippen MR) is 176 cm³/mol. The SMILES string of the molecule is C#CC1(COC(=O)C(CCC)CCC)OCC(n2cnc3c(NC(=O)CCCCCCCCCCCCC)nc(F)nc32)C[C@@H]1O. The molecular formula is C35H54FN5O5. The summed E-state index contributed by atoms with van der Waals surface area (Å²) in [6.07, 6.45) is 21.7. The molecule has 1 saturated heterocycles. The summed E-state index contributed by atoms with van der Waals surface area (Å²) in [5.41, 5.74) is -1.09. The number of hydrogen-bond acceptors (Lipinski definition) is 8. The Morgan fingerprint density at radius 2 is 1.70 bits per heavy atom. The van der Waals surface area contributed by atoms with Gasteiger partial charge in [0.25, 0.3) is 0 Å². The fourth-order valence-electron chi connectivity index (χ4n) is 6.13. The van der Waals surface area contributed by atoms with Crippen molar-refractivity contribution in [3.8, 4) is 12.3 Å². The van der Waals surface area contributed by atoms with E-state index in [1.807, 2.05) is 13.8 Å². The molecule has 2 aromatic rings. The average Bonchev–Trinajstić information content (AvgIpc) is 3.47. The van der Waals surface area contributed by atoms with Crippen LogP contribution in [-0.4, -0.2) is 61.4 Å². The highest BCUT2D eigenvalue weighted by molar-refractivity contribution is 5.96. The molecule has 1 aliphatic heterocycles. The van der Waals surface area contributed by atoms with Crippen molar-refractivity contribution in [3.05, 3.63) is 12.4 Å². The summed E-state index contributed by atoms with van der Waals surface area (Å²) in [5, 5.41) is 13.8. The summed E-state index contributed by atoms with van der Waals surface area (Å²) in [6, 6.07) is -0.487. The summed E-state index contributed by atoms with van der Waals surface area (Å²) < 4.78 is 27.7. The van der Waals surface area contributed by atoms with E-state index in [-0.39, 0.29) is 54.4 Å². The molecule has 2 N–H and O–H groups in total. The molecule has 0 spiro atoms. The molecule has 46 heavy (non-hydrogen) atoms. The normalized spacial score (nSPS) is 19.8. The number of aliphatic hydroxyl groups excluding tert-OH is 1. The van der Waals surface area contributed by atoms with Crippen LogP contribution in [0.5, 0.6) is 0 Å². The number of nitrogens with zero attached hydrogens (tertiary/aromatic N) is 4. The summed E-state index contributed by atoms with van der Waals surface area (Å²) in [5.74, 6) is 1.68. The van der Waals surface area contributed by atoms with Crippen LogP contribution in [0.2, 0.25) is 0 Å². The maximum Gasteiger partial charge on any atom is 0.312 e. The van der Waals surface area contributed by atoms with Crippen molar-refractivity contribution in [2.75, 3.05) is 18.5 Å². The van der Waals surface area contributed by atoms with E-state index < -0.39 is 23.8 Å². The number of nitrogens with one attached hydrogen (secondary N) is 1. The molecule has 0 aliphatic carbocycles. The molecule has 2 unspecified atom stereocenters. The van der Waals surface area contributed by atoms with Gasteiger partial charge in [-0.15, -0.1) is 6.42 Å². The van der Waals surface area contributed by atoms with Crippen LogP contribution in [0.4, 0.5) is 10.2 Å². The van der Waals surface area contributed by atoms with Crippen LogP contribution >= 0.6 is 0 Å². The number of amides is 1. The Bertz CT molecular complexity index is 1270. The molecule has 0 saturated carbocycles. The lowest BCUT2D eigenvalue weighted by atomic mass is 9.89. The van der Waals surface area contributed by atoms with Gasteiger partial charge in [0, 0.05) is 12.8 Å². The van der Waals surface area contributed by atoms with Gasteiger partial charge in [-0.2, -0.15) is 14.4 Å². The molecule has 3 heterocycles. The van der Waals surface area contributed by atoms with E-state index in [1.165, 1.54) is 57.7 Å². The van der Waals surface area contributed by atoms with Gasteiger partial charge < -0.3 is 24.5 Å². The van der Waals surface area contributed by atoms with Gasteiger partial charge >= 0.3 is 12.0 Å². The molecule has 0 bridgehead atoms. The summed E-state index contributed by atoms with van der Waals surface area (Å²) in [6.45, 7) is 6.04. The van der Waals surface area contributed by atoms with E-state index in [1.54, 1.807) is 4.57 Å². The Kier molecular flexibility index (Phi) is 15.9. The van der Waals surface area contributed by atoms with Gasteiger partial charge in [0.05, 0.1) is 31.0 Å².